The van der Waals surface area contributed by atoms with Crippen LogP contribution in [0.15, 0.2) is 18.2 Å². The van der Waals surface area contributed by atoms with Gasteiger partial charge in [0.15, 0.2) is 11.5 Å². The maximum absolute atomic E-state index is 12.4. The number of nitrogens with one attached hydrogen (secondary N) is 2. The fourth-order valence-corrected chi connectivity index (χ4v) is 2.62. The molecule has 3 rings (SSSR count). The van der Waals surface area contributed by atoms with E-state index in [1.807, 2.05) is 0 Å². The topological polar surface area (TPSA) is 76.7 Å². The first kappa shape index (κ1) is 14.7. The number of benzene rings is 1. The number of hydrogen-bond donors (Lipinski definition) is 2. The molecule has 0 saturated carbocycles. The predicted octanol–water partition coefficient (Wildman–Crippen LogP) is 1.25. The van der Waals surface area contributed by atoms with Crippen LogP contribution in [-0.4, -0.2) is 37.6 Å². The third-order valence-electron chi connectivity index (χ3n) is 3.85. The van der Waals surface area contributed by atoms with Crippen molar-refractivity contribution in [3.8, 4) is 11.5 Å². The van der Waals surface area contributed by atoms with Crippen LogP contribution in [0.3, 0.4) is 0 Å². The highest BCUT2D eigenvalue weighted by Crippen LogP contribution is 2.30. The van der Waals surface area contributed by atoms with Crippen LogP contribution < -0.4 is 20.1 Å². The lowest BCUT2D eigenvalue weighted by molar-refractivity contribution is -0.122. The summed E-state index contributed by atoms with van der Waals surface area (Å²) in [6.45, 7) is 1.86. The number of fused-ring (bicyclic) bond motifs is 1. The van der Waals surface area contributed by atoms with Crippen LogP contribution in [-0.2, 0) is 4.79 Å². The van der Waals surface area contributed by atoms with Crippen LogP contribution in [0, 0.1) is 0 Å². The van der Waals surface area contributed by atoms with Gasteiger partial charge in [-0.2, -0.15) is 0 Å². The van der Waals surface area contributed by atoms with E-state index in [1.54, 1.807) is 18.2 Å². The van der Waals surface area contributed by atoms with Gasteiger partial charge in [-0.25, -0.2) is 0 Å². The summed E-state index contributed by atoms with van der Waals surface area (Å²) >= 11 is 0. The third-order valence-corrected chi connectivity index (χ3v) is 3.85. The molecule has 22 heavy (non-hydrogen) atoms. The van der Waals surface area contributed by atoms with Gasteiger partial charge in [-0.3, -0.25) is 9.59 Å². The Balaban J connectivity index is 1.71. The zero-order valence-electron chi connectivity index (χ0n) is 12.4. The molecule has 1 aromatic carbocycles. The second-order valence-electron chi connectivity index (χ2n) is 5.52. The Kier molecular flexibility index (Phi) is 4.46. The lowest BCUT2D eigenvalue weighted by Crippen LogP contribution is -2.45. The van der Waals surface area contributed by atoms with Crippen molar-refractivity contribution < 1.29 is 19.1 Å². The van der Waals surface area contributed by atoms with Gasteiger partial charge in [0.25, 0.3) is 5.91 Å². The first-order chi connectivity index (χ1) is 10.7. The number of rotatable bonds is 2. The highest BCUT2D eigenvalue weighted by molar-refractivity contribution is 5.98. The van der Waals surface area contributed by atoms with E-state index in [2.05, 4.69) is 10.6 Å². The fraction of sp³-hybridized carbons (Fsp3) is 0.500. The van der Waals surface area contributed by atoms with Crippen LogP contribution in [0.4, 0.5) is 0 Å². The molecule has 2 heterocycles. The Morgan fingerprint density at radius 2 is 1.95 bits per heavy atom. The van der Waals surface area contributed by atoms with Gasteiger partial charge in [-0.1, -0.05) is 0 Å². The van der Waals surface area contributed by atoms with E-state index < -0.39 is 6.04 Å². The highest BCUT2D eigenvalue weighted by atomic mass is 16.5. The van der Waals surface area contributed by atoms with Crippen molar-refractivity contribution in [2.45, 2.75) is 31.7 Å². The molecule has 2 aliphatic heterocycles. The molecule has 1 saturated heterocycles. The minimum atomic E-state index is -0.467. The maximum atomic E-state index is 12.4. The summed E-state index contributed by atoms with van der Waals surface area (Å²) in [6.07, 6.45) is 3.35. The molecule has 1 fully saturated rings. The predicted molar refractivity (Wildman–Crippen MR) is 80.2 cm³/mol. The zero-order valence-corrected chi connectivity index (χ0v) is 12.4. The molecule has 0 radical (unpaired) electrons. The number of hydrogen-bond acceptors (Lipinski definition) is 4. The molecule has 1 aromatic rings. The lowest BCUT2D eigenvalue weighted by Gasteiger charge is -2.16. The van der Waals surface area contributed by atoms with Crippen molar-refractivity contribution >= 4 is 11.8 Å². The molecule has 0 aliphatic carbocycles. The van der Waals surface area contributed by atoms with Crippen molar-refractivity contribution in [3.63, 3.8) is 0 Å². The van der Waals surface area contributed by atoms with Gasteiger partial charge in [0.2, 0.25) is 5.91 Å². The molecular weight excluding hydrogens is 284 g/mol. The first-order valence-electron chi connectivity index (χ1n) is 7.72. The van der Waals surface area contributed by atoms with E-state index in [1.165, 1.54) is 0 Å². The van der Waals surface area contributed by atoms with Gasteiger partial charge in [0.05, 0.1) is 13.2 Å². The summed E-state index contributed by atoms with van der Waals surface area (Å²) in [4.78, 5) is 24.2. The van der Waals surface area contributed by atoms with Crippen LogP contribution in [0.2, 0.25) is 0 Å². The molecule has 6 nitrogen and oxygen atoms in total. The molecule has 2 amide bonds. The summed E-state index contributed by atoms with van der Waals surface area (Å²) < 4.78 is 11.1. The number of carbonyl (C=O) groups excluding carboxylic acids is 2. The molecular formula is C16H20N2O4. The van der Waals surface area contributed by atoms with E-state index in [0.29, 0.717) is 43.2 Å². The largest absolute Gasteiger partial charge is 0.490 e. The second kappa shape index (κ2) is 6.68. The Morgan fingerprint density at radius 1 is 1.14 bits per heavy atom. The molecule has 0 bridgehead atoms. The number of amides is 2. The molecule has 2 aliphatic rings. The number of ether oxygens (including phenoxy) is 2. The van der Waals surface area contributed by atoms with Crippen molar-refractivity contribution in [3.05, 3.63) is 23.8 Å². The third kappa shape index (κ3) is 3.32. The molecule has 2 N–H and O–H groups in total. The zero-order chi connectivity index (χ0) is 15.4. The summed E-state index contributed by atoms with van der Waals surface area (Å²) in [6, 6.07) is 4.64. The summed E-state index contributed by atoms with van der Waals surface area (Å²) in [5, 5.41) is 5.61. The first-order valence-corrected chi connectivity index (χ1v) is 7.72. The van der Waals surface area contributed by atoms with Gasteiger partial charge >= 0.3 is 0 Å². The molecule has 0 spiro atoms. The smallest absolute Gasteiger partial charge is 0.252 e. The van der Waals surface area contributed by atoms with Gasteiger partial charge < -0.3 is 20.1 Å². The van der Waals surface area contributed by atoms with E-state index in [9.17, 15) is 9.59 Å². The summed E-state index contributed by atoms with van der Waals surface area (Å²) in [7, 11) is 0. The van der Waals surface area contributed by atoms with Gasteiger partial charge in [-0.05, 0) is 37.5 Å². The second-order valence-corrected chi connectivity index (χ2v) is 5.52. The van der Waals surface area contributed by atoms with Gasteiger partial charge in [0.1, 0.15) is 6.04 Å². The standard InChI is InChI=1S/C16H20N2O4/c19-15(18-12-4-1-2-7-17-16(12)20)11-5-6-13-14(10-11)22-9-3-8-21-13/h5-6,10,12H,1-4,7-9H2,(H,17,20)(H,18,19)/t12-/m1/s1. The monoisotopic (exact) mass is 304 g/mol. The summed E-state index contributed by atoms with van der Waals surface area (Å²) in [5.74, 6) is 0.856. The van der Waals surface area contributed by atoms with E-state index >= 15 is 0 Å². The van der Waals surface area contributed by atoms with Gasteiger partial charge in [-0.15, -0.1) is 0 Å². The molecule has 0 aromatic heterocycles. The Hall–Kier alpha value is -2.24. The number of carbonyl (C=O) groups is 2. The van der Waals surface area contributed by atoms with Crippen molar-refractivity contribution in [2.24, 2.45) is 0 Å². The molecule has 6 heteroatoms. The normalized spacial score (nSPS) is 21.3. The Labute approximate surface area is 129 Å². The lowest BCUT2D eigenvalue weighted by atomic mass is 10.1. The van der Waals surface area contributed by atoms with Crippen molar-refractivity contribution in [2.75, 3.05) is 19.8 Å². The van der Waals surface area contributed by atoms with Crippen molar-refractivity contribution in [1.82, 2.24) is 10.6 Å². The molecule has 0 unspecified atom stereocenters. The van der Waals surface area contributed by atoms with Gasteiger partial charge in [0, 0.05) is 18.5 Å². The van der Waals surface area contributed by atoms with E-state index in [-0.39, 0.29) is 11.8 Å². The minimum Gasteiger partial charge on any atom is -0.490 e. The Morgan fingerprint density at radius 3 is 2.82 bits per heavy atom. The van der Waals surface area contributed by atoms with Crippen molar-refractivity contribution in [1.29, 1.82) is 0 Å². The average molecular weight is 304 g/mol. The average Bonchev–Trinajstić information content (AvgIpc) is 2.87. The van der Waals surface area contributed by atoms with E-state index in [0.717, 1.165) is 19.3 Å². The highest BCUT2D eigenvalue weighted by Gasteiger charge is 2.23. The minimum absolute atomic E-state index is 0.111. The fourth-order valence-electron chi connectivity index (χ4n) is 2.62. The van der Waals surface area contributed by atoms with Crippen LogP contribution in [0.25, 0.3) is 0 Å². The molecule has 1 atom stereocenters. The molecule has 118 valence electrons. The van der Waals surface area contributed by atoms with Crippen LogP contribution in [0.1, 0.15) is 36.0 Å². The van der Waals surface area contributed by atoms with E-state index in [4.69, 9.17) is 9.47 Å². The SMILES string of the molecule is O=C(N[C@@H]1CCCCNC1=O)c1ccc2c(c1)OCCCO2. The summed E-state index contributed by atoms with van der Waals surface area (Å²) in [5.41, 5.74) is 0.473. The van der Waals surface area contributed by atoms with Crippen LogP contribution >= 0.6 is 0 Å². The van der Waals surface area contributed by atoms with Crippen LogP contribution in [0.5, 0.6) is 11.5 Å². The quantitative estimate of drug-likeness (QED) is 0.862. The maximum Gasteiger partial charge on any atom is 0.252 e. The Bertz CT molecular complexity index is 573.